The van der Waals surface area contributed by atoms with Crippen LogP contribution in [0.3, 0.4) is 0 Å². The van der Waals surface area contributed by atoms with Gasteiger partial charge in [-0.05, 0) is 31.1 Å². The maximum absolute atomic E-state index is 12.2. The Bertz CT molecular complexity index is 581. The second-order valence-corrected chi connectivity index (χ2v) is 8.71. The molecule has 0 atom stereocenters. The van der Waals surface area contributed by atoms with Gasteiger partial charge in [0.2, 0.25) is 11.0 Å². The number of carbonyl (C=O) groups excluding carboxylic acids is 1. The molecule has 7 heteroatoms. The first-order valence-electron chi connectivity index (χ1n) is 9.38. The lowest BCUT2D eigenvalue weighted by atomic mass is 9.72. The van der Waals surface area contributed by atoms with Crippen molar-refractivity contribution in [3.05, 3.63) is 5.01 Å². The van der Waals surface area contributed by atoms with Gasteiger partial charge < -0.3 is 14.5 Å². The van der Waals surface area contributed by atoms with Gasteiger partial charge in [0.05, 0.1) is 0 Å². The fraction of sp³-hybridized carbons (Fsp3) is 0.833. The Morgan fingerprint density at radius 3 is 2.64 bits per heavy atom. The number of likely N-dealkylation sites (tertiary alicyclic amines) is 1. The van der Waals surface area contributed by atoms with Gasteiger partial charge in [-0.25, -0.2) is 0 Å². The van der Waals surface area contributed by atoms with Gasteiger partial charge in [0.1, 0.15) is 5.01 Å². The van der Waals surface area contributed by atoms with Crippen molar-refractivity contribution in [2.24, 2.45) is 5.41 Å². The van der Waals surface area contributed by atoms with Crippen LogP contribution in [0.2, 0.25) is 0 Å². The number of hydrogen-bond acceptors (Lipinski definition) is 6. The van der Waals surface area contributed by atoms with Crippen LogP contribution in [0.5, 0.6) is 0 Å². The van der Waals surface area contributed by atoms with Crippen LogP contribution < -0.4 is 4.90 Å². The highest BCUT2D eigenvalue weighted by Gasteiger charge is 2.41. The van der Waals surface area contributed by atoms with Crippen molar-refractivity contribution < 1.29 is 9.53 Å². The van der Waals surface area contributed by atoms with Crippen LogP contribution in [0.4, 0.5) is 5.13 Å². The summed E-state index contributed by atoms with van der Waals surface area (Å²) in [4.78, 5) is 16.7. The minimum atomic E-state index is 0.295. The number of nitrogens with zero attached hydrogens (tertiary/aromatic N) is 4. The van der Waals surface area contributed by atoms with Crippen molar-refractivity contribution >= 4 is 22.4 Å². The Hall–Kier alpha value is -1.21. The summed E-state index contributed by atoms with van der Waals surface area (Å²) >= 11 is 1.72. The first-order valence-corrected chi connectivity index (χ1v) is 10.2. The fourth-order valence-corrected chi connectivity index (χ4v) is 4.77. The molecule has 0 aliphatic carbocycles. The van der Waals surface area contributed by atoms with Crippen molar-refractivity contribution in [3.63, 3.8) is 0 Å². The van der Waals surface area contributed by atoms with Crippen molar-refractivity contribution in [2.75, 3.05) is 44.8 Å². The highest BCUT2D eigenvalue weighted by atomic mass is 32.1. The van der Waals surface area contributed by atoms with Crippen LogP contribution >= 0.6 is 11.3 Å². The van der Waals surface area contributed by atoms with Gasteiger partial charge in [-0.15, -0.1) is 10.2 Å². The molecule has 1 spiro atoms. The molecule has 0 unspecified atom stereocenters. The zero-order valence-electron chi connectivity index (χ0n) is 15.7. The van der Waals surface area contributed by atoms with Gasteiger partial charge in [0.25, 0.3) is 0 Å². The van der Waals surface area contributed by atoms with E-state index in [0.29, 0.717) is 23.7 Å². The maximum atomic E-state index is 12.2. The monoisotopic (exact) mass is 366 g/mol. The number of methoxy groups -OCH3 is 1. The molecule has 3 heterocycles. The van der Waals surface area contributed by atoms with E-state index < -0.39 is 0 Å². The summed E-state index contributed by atoms with van der Waals surface area (Å²) < 4.78 is 5.13. The molecule has 0 aromatic carbocycles. The van der Waals surface area contributed by atoms with E-state index in [1.165, 1.54) is 0 Å². The Balaban J connectivity index is 1.57. The van der Waals surface area contributed by atoms with Crippen molar-refractivity contribution in [3.8, 4) is 0 Å². The fourth-order valence-electron chi connectivity index (χ4n) is 3.87. The van der Waals surface area contributed by atoms with Gasteiger partial charge in [0.15, 0.2) is 0 Å². The summed E-state index contributed by atoms with van der Waals surface area (Å²) in [6.07, 6.45) is 4.93. The van der Waals surface area contributed by atoms with Gasteiger partial charge in [0, 0.05) is 52.2 Å². The molecule has 0 radical (unpaired) electrons. The molecule has 2 aliphatic heterocycles. The predicted octanol–water partition coefficient (Wildman–Crippen LogP) is 2.91. The number of amides is 1. The van der Waals surface area contributed by atoms with Crippen molar-refractivity contribution in [2.45, 2.75) is 51.9 Å². The molecule has 3 rings (SSSR count). The number of piperidine rings is 2. The van der Waals surface area contributed by atoms with Crippen LogP contribution in [0.1, 0.15) is 56.9 Å². The van der Waals surface area contributed by atoms with Gasteiger partial charge in [-0.2, -0.15) is 0 Å². The van der Waals surface area contributed by atoms with Crippen LogP contribution in [-0.4, -0.2) is 60.9 Å². The van der Waals surface area contributed by atoms with E-state index in [9.17, 15) is 4.79 Å². The first-order chi connectivity index (χ1) is 12.0. The van der Waals surface area contributed by atoms with E-state index in [4.69, 9.17) is 4.74 Å². The molecule has 1 amide bonds. The number of rotatable bonds is 6. The molecule has 2 aliphatic rings. The second-order valence-electron chi connectivity index (χ2n) is 7.73. The molecule has 0 bridgehead atoms. The lowest BCUT2D eigenvalue weighted by molar-refractivity contribution is -0.138. The van der Waals surface area contributed by atoms with Crippen molar-refractivity contribution in [1.29, 1.82) is 0 Å². The Labute approximate surface area is 154 Å². The summed E-state index contributed by atoms with van der Waals surface area (Å²) in [5.41, 5.74) is 0.295. The van der Waals surface area contributed by atoms with Crippen LogP contribution in [-0.2, 0) is 9.53 Å². The third-order valence-corrected chi connectivity index (χ3v) is 6.83. The van der Waals surface area contributed by atoms with Crippen LogP contribution in [0.25, 0.3) is 0 Å². The third-order valence-electron chi connectivity index (χ3n) is 5.54. The van der Waals surface area contributed by atoms with Gasteiger partial charge in [-0.3, -0.25) is 4.79 Å². The number of aromatic nitrogens is 2. The Morgan fingerprint density at radius 2 is 2.00 bits per heavy atom. The summed E-state index contributed by atoms with van der Waals surface area (Å²) in [6, 6.07) is 0. The van der Waals surface area contributed by atoms with E-state index in [2.05, 4.69) is 33.8 Å². The summed E-state index contributed by atoms with van der Waals surface area (Å²) in [7, 11) is 1.72. The van der Waals surface area contributed by atoms with Gasteiger partial charge in [-0.1, -0.05) is 25.2 Å². The second kappa shape index (κ2) is 7.99. The predicted molar refractivity (Wildman–Crippen MR) is 100 cm³/mol. The minimum absolute atomic E-state index is 0.295. The largest absolute Gasteiger partial charge is 0.385 e. The molecular formula is C18H30N4O2S. The van der Waals surface area contributed by atoms with E-state index in [1.54, 1.807) is 18.4 Å². The topological polar surface area (TPSA) is 58.6 Å². The van der Waals surface area contributed by atoms with Crippen molar-refractivity contribution in [1.82, 2.24) is 15.1 Å². The normalized spacial score (nSPS) is 20.7. The molecule has 2 fully saturated rings. The summed E-state index contributed by atoms with van der Waals surface area (Å²) in [5.74, 6) is 0.752. The van der Waals surface area contributed by atoms with E-state index in [-0.39, 0.29) is 0 Å². The molecule has 1 aromatic rings. The quantitative estimate of drug-likeness (QED) is 0.725. The average molecular weight is 367 g/mol. The highest BCUT2D eigenvalue weighted by molar-refractivity contribution is 7.15. The molecule has 0 N–H and O–H groups in total. The lowest BCUT2D eigenvalue weighted by Gasteiger charge is -2.47. The smallest absolute Gasteiger partial charge is 0.222 e. The van der Waals surface area contributed by atoms with E-state index >= 15 is 0 Å². The van der Waals surface area contributed by atoms with E-state index in [0.717, 1.165) is 68.6 Å². The molecule has 6 nitrogen and oxygen atoms in total. The third kappa shape index (κ3) is 4.31. The number of carbonyl (C=O) groups is 1. The number of hydrogen-bond donors (Lipinski definition) is 0. The molecule has 2 saturated heterocycles. The van der Waals surface area contributed by atoms with E-state index in [1.807, 2.05) is 0 Å². The maximum Gasteiger partial charge on any atom is 0.222 e. The van der Waals surface area contributed by atoms with Gasteiger partial charge >= 0.3 is 0 Å². The average Bonchev–Trinajstić information content (AvgIpc) is 3.09. The molecule has 1 aromatic heterocycles. The Morgan fingerprint density at radius 1 is 1.24 bits per heavy atom. The minimum Gasteiger partial charge on any atom is -0.385 e. The highest BCUT2D eigenvalue weighted by Crippen LogP contribution is 2.41. The number of anilines is 1. The molecule has 0 saturated carbocycles. The first kappa shape index (κ1) is 18.6. The summed E-state index contributed by atoms with van der Waals surface area (Å²) in [5, 5.41) is 10.9. The number of ether oxygens (including phenoxy) is 1. The molecular weight excluding hydrogens is 336 g/mol. The molecule has 140 valence electrons. The zero-order valence-corrected chi connectivity index (χ0v) is 16.5. The van der Waals surface area contributed by atoms with Crippen LogP contribution in [0, 0.1) is 5.41 Å². The lowest BCUT2D eigenvalue weighted by Crippen LogP contribution is -2.51. The molecule has 25 heavy (non-hydrogen) atoms. The summed E-state index contributed by atoms with van der Waals surface area (Å²) in [6.45, 7) is 8.82. The SMILES string of the molecule is COCCCN1CC2(CCC1=O)CCN(c1nnc(C(C)C)s1)CC2. The van der Waals surface area contributed by atoms with Crippen LogP contribution in [0.15, 0.2) is 0 Å². The zero-order chi connectivity index (χ0) is 17.9. The standard InChI is InChI=1S/C18H30N4O2S/c1-14(2)16-19-20-17(25-16)21-10-7-18(8-11-21)6-5-15(23)22(13-18)9-4-12-24-3/h14H,4-13H2,1-3H3. The Kier molecular flexibility index (Phi) is 5.94.